The molecule has 0 aliphatic heterocycles. The Morgan fingerprint density at radius 3 is 1.94 bits per heavy atom. The number of benzene rings is 7. The molecule has 0 spiro atoms. The molecule has 4 heteroatoms. The van der Waals surface area contributed by atoms with Crippen molar-refractivity contribution in [1.82, 2.24) is 9.55 Å². The van der Waals surface area contributed by atoms with Crippen molar-refractivity contribution in [1.29, 1.82) is 0 Å². The Bertz CT molecular complexity index is 2770. The van der Waals surface area contributed by atoms with Gasteiger partial charge >= 0.3 is 0 Å². The van der Waals surface area contributed by atoms with Gasteiger partial charge in [0.15, 0.2) is 5.58 Å². The number of oxazole rings is 1. The molecule has 0 saturated heterocycles. The smallest absolute Gasteiger partial charge is 0.227 e. The third kappa shape index (κ3) is 5.65. The summed E-state index contributed by atoms with van der Waals surface area (Å²) in [4.78, 5) is 4.76. The number of hydrogen-bond acceptors (Lipinski definition) is 3. The summed E-state index contributed by atoms with van der Waals surface area (Å²) in [6.45, 7) is 6.22. The summed E-state index contributed by atoms with van der Waals surface area (Å²) in [6.07, 6.45) is 2.03. The van der Waals surface area contributed by atoms with Crippen LogP contribution in [0.1, 0.15) is 23.6 Å². The maximum Gasteiger partial charge on any atom is 0.227 e. The first-order valence-electron chi connectivity index (χ1n) is 17.6. The lowest BCUT2D eigenvalue weighted by Crippen LogP contribution is -1.97. The van der Waals surface area contributed by atoms with E-state index in [-0.39, 0.29) is 0 Å². The van der Waals surface area contributed by atoms with Crippen LogP contribution in [0.25, 0.3) is 78.1 Å². The first kappa shape index (κ1) is 31.3. The largest absolute Gasteiger partial charge is 0.457 e. The van der Waals surface area contributed by atoms with Gasteiger partial charge in [-0.1, -0.05) is 90.5 Å². The third-order valence-electron chi connectivity index (χ3n) is 9.85. The van der Waals surface area contributed by atoms with Gasteiger partial charge in [-0.25, -0.2) is 4.98 Å². The average Bonchev–Trinajstić information content (AvgIpc) is 3.77. The van der Waals surface area contributed by atoms with E-state index < -0.39 is 0 Å². The van der Waals surface area contributed by atoms with Gasteiger partial charge < -0.3 is 13.7 Å². The number of fused-ring (bicyclic) bond motifs is 4. The Morgan fingerprint density at radius 1 is 0.596 bits per heavy atom. The topological polar surface area (TPSA) is 40.2 Å². The summed E-state index contributed by atoms with van der Waals surface area (Å²) in [5.41, 5.74) is 13.9. The number of aromatic nitrogens is 2. The van der Waals surface area contributed by atoms with Crippen LogP contribution in [-0.4, -0.2) is 9.55 Å². The fourth-order valence-electron chi connectivity index (χ4n) is 7.11. The van der Waals surface area contributed by atoms with Crippen LogP contribution >= 0.6 is 0 Å². The van der Waals surface area contributed by atoms with E-state index in [9.17, 15) is 0 Å². The van der Waals surface area contributed by atoms with Gasteiger partial charge in [0.25, 0.3) is 0 Å². The minimum atomic E-state index is 0.623. The molecular weight excluding hydrogens is 637 g/mol. The molecule has 0 aliphatic rings. The van der Waals surface area contributed by atoms with E-state index >= 15 is 0 Å². The molecule has 0 N–H and O–H groups in total. The maximum atomic E-state index is 6.41. The van der Waals surface area contributed by atoms with Crippen LogP contribution in [-0.2, 0) is 0 Å². The predicted octanol–water partition coefficient (Wildman–Crippen LogP) is 13.0. The number of allylic oxidation sites excluding steroid dienone is 1. The van der Waals surface area contributed by atoms with Crippen molar-refractivity contribution in [2.75, 3.05) is 0 Å². The fourth-order valence-corrected chi connectivity index (χ4v) is 7.11. The van der Waals surface area contributed by atoms with E-state index in [2.05, 4.69) is 134 Å². The number of aryl methyl sites for hydroxylation is 2. The molecule has 0 saturated carbocycles. The summed E-state index contributed by atoms with van der Waals surface area (Å²) in [5, 5.41) is 2.38. The molecule has 4 nitrogen and oxygen atoms in total. The minimum absolute atomic E-state index is 0.623. The molecule has 0 fully saturated rings. The lowest BCUT2D eigenvalue weighted by atomic mass is 9.98. The Labute approximate surface area is 302 Å². The highest BCUT2D eigenvalue weighted by atomic mass is 16.5. The van der Waals surface area contributed by atoms with Gasteiger partial charge in [0.1, 0.15) is 17.0 Å². The Kier molecular flexibility index (Phi) is 7.78. The predicted molar refractivity (Wildman–Crippen MR) is 215 cm³/mol. The van der Waals surface area contributed by atoms with E-state index in [0.717, 1.165) is 78.3 Å². The van der Waals surface area contributed by atoms with Crippen LogP contribution in [0.2, 0.25) is 0 Å². The van der Waals surface area contributed by atoms with Gasteiger partial charge in [-0.3, -0.25) is 0 Å². The average molecular weight is 673 g/mol. The highest BCUT2D eigenvalue weighted by molar-refractivity contribution is 6.11. The normalized spacial score (nSPS) is 11.9. The molecule has 2 heterocycles. The summed E-state index contributed by atoms with van der Waals surface area (Å²) < 4.78 is 14.9. The third-order valence-corrected chi connectivity index (χ3v) is 9.85. The number of hydrogen-bond donors (Lipinski definition) is 0. The molecule has 0 atom stereocenters. The monoisotopic (exact) mass is 672 g/mol. The molecule has 0 bridgehead atoms. The van der Waals surface area contributed by atoms with Gasteiger partial charge in [0, 0.05) is 27.6 Å². The first-order valence-corrected chi connectivity index (χ1v) is 17.6. The Balaban J connectivity index is 1.16. The van der Waals surface area contributed by atoms with Crippen LogP contribution in [0.4, 0.5) is 0 Å². The number of para-hydroxylation sites is 3. The summed E-state index contributed by atoms with van der Waals surface area (Å²) in [5.74, 6) is 2.32. The lowest BCUT2D eigenvalue weighted by Gasteiger charge is -2.13. The summed E-state index contributed by atoms with van der Waals surface area (Å²) >= 11 is 0. The molecule has 0 unspecified atom stereocenters. The molecule has 0 amide bonds. The lowest BCUT2D eigenvalue weighted by molar-refractivity contribution is 0.510. The van der Waals surface area contributed by atoms with Gasteiger partial charge in [-0.2, -0.15) is 0 Å². The van der Waals surface area contributed by atoms with Crippen molar-refractivity contribution < 1.29 is 9.15 Å². The second-order valence-corrected chi connectivity index (χ2v) is 13.3. The van der Waals surface area contributed by atoms with Gasteiger partial charge in [-0.05, 0) is 127 Å². The van der Waals surface area contributed by atoms with Crippen LogP contribution in [0, 0.1) is 13.8 Å². The molecular formula is C48H36N2O2. The molecule has 250 valence electrons. The molecule has 7 aromatic carbocycles. The van der Waals surface area contributed by atoms with Gasteiger partial charge in [0.05, 0.1) is 11.0 Å². The maximum absolute atomic E-state index is 6.41. The van der Waals surface area contributed by atoms with Crippen molar-refractivity contribution in [3.63, 3.8) is 0 Å². The highest BCUT2D eigenvalue weighted by Crippen LogP contribution is 2.38. The zero-order valence-corrected chi connectivity index (χ0v) is 29.3. The fraction of sp³-hybridized carbons (Fsp3) is 0.0625. The van der Waals surface area contributed by atoms with E-state index in [1.165, 1.54) is 16.3 Å². The van der Waals surface area contributed by atoms with Crippen LogP contribution < -0.4 is 4.74 Å². The number of rotatable bonds is 7. The van der Waals surface area contributed by atoms with Crippen molar-refractivity contribution in [3.05, 3.63) is 180 Å². The zero-order chi connectivity index (χ0) is 35.2. The summed E-state index contributed by atoms with van der Waals surface area (Å²) in [7, 11) is 0. The SMILES string of the molecule is C/C=C(\Oc1ccccc1C)c1cccc(-c2ccc3c(c2)c2cc(-c4cccc(-c5nc6ccccc6o5)c4)ccc2n3-c2ccc(C)cc2)c1. The molecule has 9 rings (SSSR count). The van der Waals surface area contributed by atoms with E-state index in [1.54, 1.807) is 0 Å². The minimum Gasteiger partial charge on any atom is -0.457 e. The van der Waals surface area contributed by atoms with Crippen molar-refractivity contribution in [2.24, 2.45) is 0 Å². The van der Waals surface area contributed by atoms with E-state index in [1.807, 2.05) is 55.5 Å². The zero-order valence-electron chi connectivity index (χ0n) is 29.3. The molecule has 0 aliphatic carbocycles. The van der Waals surface area contributed by atoms with E-state index in [4.69, 9.17) is 14.1 Å². The van der Waals surface area contributed by atoms with Crippen molar-refractivity contribution in [2.45, 2.75) is 20.8 Å². The number of ether oxygens (including phenoxy) is 1. The molecule has 0 radical (unpaired) electrons. The number of nitrogens with zero attached hydrogens (tertiary/aromatic N) is 2. The van der Waals surface area contributed by atoms with E-state index in [0.29, 0.717) is 5.89 Å². The quantitative estimate of drug-likeness (QED) is 0.158. The summed E-state index contributed by atoms with van der Waals surface area (Å²) in [6, 6.07) is 55.4. The molecule has 2 aromatic heterocycles. The molecule has 52 heavy (non-hydrogen) atoms. The van der Waals surface area contributed by atoms with Crippen molar-refractivity contribution in [3.8, 4) is 45.1 Å². The Morgan fingerprint density at radius 2 is 1.23 bits per heavy atom. The molecule has 9 aromatic rings. The standard InChI is InChI=1S/C48H36N2O2/c1-4-45(51-46-17-7-5-11-32(46)3)37-14-9-12-33(27-37)35-21-25-43-40(29-35)41-30-36(22-26-44(41)50(43)39-23-19-31(2)20-24-39)34-13-10-15-38(28-34)48-49-42-16-6-8-18-47(42)52-48/h4-30H,1-3H3/b45-4-. The van der Waals surface area contributed by atoms with Crippen molar-refractivity contribution >= 4 is 38.7 Å². The van der Waals surface area contributed by atoms with Gasteiger partial charge in [-0.15, -0.1) is 0 Å². The van der Waals surface area contributed by atoms with Gasteiger partial charge in [0.2, 0.25) is 5.89 Å². The second-order valence-electron chi connectivity index (χ2n) is 13.3. The van der Waals surface area contributed by atoms with Crippen LogP contribution in [0.15, 0.2) is 168 Å². The Hall–Kier alpha value is -6.65. The second kappa shape index (κ2) is 12.9. The van der Waals surface area contributed by atoms with Crippen LogP contribution in [0.3, 0.4) is 0 Å². The highest BCUT2D eigenvalue weighted by Gasteiger charge is 2.16. The first-order chi connectivity index (χ1) is 25.5. The van der Waals surface area contributed by atoms with Crippen LogP contribution in [0.5, 0.6) is 5.75 Å².